The molecule has 26 heavy (non-hydrogen) atoms. The number of hydrogen-bond acceptors (Lipinski definition) is 5. The number of esters is 1. The Kier molecular flexibility index (Phi) is 5.71. The first kappa shape index (κ1) is 18.6. The van der Waals surface area contributed by atoms with Gasteiger partial charge in [0.2, 0.25) is 0 Å². The lowest BCUT2D eigenvalue weighted by atomic mass is 9.85. The maximum atomic E-state index is 12.7. The number of nitrogens with zero attached hydrogens (tertiary/aromatic N) is 1. The van der Waals surface area contributed by atoms with E-state index in [9.17, 15) is 9.59 Å². The minimum absolute atomic E-state index is 0.200. The second-order valence-electron chi connectivity index (χ2n) is 6.87. The SMILES string of the molecule is CCC1CCc2c(sc(NC(=O)c3ccncc3)c2C(=O)OC(C)C)C1. The van der Waals surface area contributed by atoms with Crippen molar-refractivity contribution in [1.29, 1.82) is 0 Å². The van der Waals surface area contributed by atoms with Gasteiger partial charge in [-0.3, -0.25) is 9.78 Å². The van der Waals surface area contributed by atoms with Crippen LogP contribution in [0.3, 0.4) is 0 Å². The monoisotopic (exact) mass is 372 g/mol. The number of anilines is 1. The van der Waals surface area contributed by atoms with Crippen molar-refractivity contribution in [2.45, 2.75) is 52.6 Å². The molecule has 6 heteroatoms. The summed E-state index contributed by atoms with van der Waals surface area (Å²) in [7, 11) is 0. The van der Waals surface area contributed by atoms with Gasteiger partial charge in [0, 0.05) is 22.8 Å². The first-order valence-corrected chi connectivity index (χ1v) is 9.88. The standard InChI is InChI=1S/C20H24N2O3S/c1-4-13-5-6-15-16(11-13)26-19(17(15)20(24)25-12(2)3)22-18(23)14-7-9-21-10-8-14/h7-10,12-13H,4-6,11H2,1-3H3,(H,22,23). The summed E-state index contributed by atoms with van der Waals surface area (Å²) in [5.41, 5.74) is 2.10. The van der Waals surface area contributed by atoms with Crippen molar-refractivity contribution in [2.75, 3.05) is 5.32 Å². The zero-order valence-corrected chi connectivity index (χ0v) is 16.2. The van der Waals surface area contributed by atoms with Crippen molar-refractivity contribution in [3.63, 3.8) is 0 Å². The van der Waals surface area contributed by atoms with Gasteiger partial charge in [0.05, 0.1) is 11.7 Å². The Morgan fingerprint density at radius 1 is 1.35 bits per heavy atom. The molecule has 138 valence electrons. The highest BCUT2D eigenvalue weighted by molar-refractivity contribution is 7.17. The van der Waals surface area contributed by atoms with Crippen LogP contribution in [0.4, 0.5) is 5.00 Å². The number of fused-ring (bicyclic) bond motifs is 1. The molecule has 0 radical (unpaired) electrons. The zero-order valence-electron chi connectivity index (χ0n) is 15.4. The van der Waals surface area contributed by atoms with Gasteiger partial charge in [-0.2, -0.15) is 0 Å². The van der Waals surface area contributed by atoms with Crippen molar-refractivity contribution < 1.29 is 14.3 Å². The maximum absolute atomic E-state index is 12.7. The largest absolute Gasteiger partial charge is 0.459 e. The van der Waals surface area contributed by atoms with Gasteiger partial charge in [-0.05, 0) is 56.7 Å². The van der Waals surface area contributed by atoms with Crippen molar-refractivity contribution in [1.82, 2.24) is 4.98 Å². The van der Waals surface area contributed by atoms with Crippen molar-refractivity contribution >= 4 is 28.2 Å². The topological polar surface area (TPSA) is 68.3 Å². The third-order valence-electron chi connectivity index (χ3n) is 4.66. The van der Waals surface area contributed by atoms with Crippen LogP contribution in [0.25, 0.3) is 0 Å². The van der Waals surface area contributed by atoms with Crippen molar-refractivity contribution in [2.24, 2.45) is 5.92 Å². The Bertz CT molecular complexity index is 799. The van der Waals surface area contributed by atoms with Crippen LogP contribution in [0, 0.1) is 5.92 Å². The fourth-order valence-corrected chi connectivity index (χ4v) is 4.60. The molecule has 1 amide bonds. The van der Waals surface area contributed by atoms with Crippen LogP contribution in [0.1, 0.15) is 64.8 Å². The second-order valence-corrected chi connectivity index (χ2v) is 7.97. The van der Waals surface area contributed by atoms with E-state index in [0.717, 1.165) is 31.2 Å². The molecule has 0 fully saturated rings. The van der Waals surface area contributed by atoms with E-state index in [1.807, 2.05) is 13.8 Å². The molecule has 0 spiro atoms. The molecule has 1 atom stereocenters. The molecule has 0 aromatic carbocycles. The molecule has 1 unspecified atom stereocenters. The van der Waals surface area contributed by atoms with Crippen LogP contribution in [-0.4, -0.2) is 23.0 Å². The molecule has 1 aliphatic carbocycles. The summed E-state index contributed by atoms with van der Waals surface area (Å²) in [6, 6.07) is 3.31. The first-order chi connectivity index (χ1) is 12.5. The lowest BCUT2D eigenvalue weighted by Crippen LogP contribution is -2.19. The van der Waals surface area contributed by atoms with Gasteiger partial charge in [0.15, 0.2) is 0 Å². The number of aromatic nitrogens is 1. The number of nitrogens with one attached hydrogen (secondary N) is 1. The Balaban J connectivity index is 1.94. The molecule has 0 aliphatic heterocycles. The highest BCUT2D eigenvalue weighted by Gasteiger charge is 2.30. The molecule has 2 heterocycles. The second kappa shape index (κ2) is 7.99. The predicted octanol–water partition coefficient (Wildman–Crippen LogP) is 4.48. The lowest BCUT2D eigenvalue weighted by molar-refractivity contribution is 0.0378. The molecule has 5 nitrogen and oxygen atoms in total. The molecule has 2 aromatic heterocycles. The van der Waals surface area contributed by atoms with Crippen LogP contribution >= 0.6 is 11.3 Å². The number of ether oxygens (including phenoxy) is 1. The van der Waals surface area contributed by atoms with Gasteiger partial charge < -0.3 is 10.1 Å². The van der Waals surface area contributed by atoms with E-state index in [0.29, 0.717) is 22.0 Å². The van der Waals surface area contributed by atoms with Crippen LogP contribution in [0.2, 0.25) is 0 Å². The Labute approximate surface area is 157 Å². The minimum atomic E-state index is -0.350. The number of carbonyl (C=O) groups excluding carboxylic acids is 2. The van der Waals surface area contributed by atoms with Crippen molar-refractivity contribution in [3.05, 3.63) is 46.1 Å². The molecule has 0 saturated carbocycles. The van der Waals surface area contributed by atoms with Gasteiger partial charge in [0.1, 0.15) is 5.00 Å². The summed E-state index contributed by atoms with van der Waals surface area (Å²) in [5.74, 6) is 0.0491. The first-order valence-electron chi connectivity index (χ1n) is 9.06. The molecular weight excluding hydrogens is 348 g/mol. The lowest BCUT2D eigenvalue weighted by Gasteiger charge is -2.21. The number of thiophene rings is 1. The highest BCUT2D eigenvalue weighted by atomic mass is 32.1. The van der Waals surface area contributed by atoms with Gasteiger partial charge >= 0.3 is 5.97 Å². The fraction of sp³-hybridized carbons (Fsp3) is 0.450. The Morgan fingerprint density at radius 2 is 2.08 bits per heavy atom. The minimum Gasteiger partial charge on any atom is -0.459 e. The molecule has 1 N–H and O–H groups in total. The molecule has 1 aliphatic rings. The van der Waals surface area contributed by atoms with E-state index in [2.05, 4.69) is 17.2 Å². The van der Waals surface area contributed by atoms with E-state index in [1.165, 1.54) is 16.2 Å². The zero-order chi connectivity index (χ0) is 18.7. The summed E-state index contributed by atoms with van der Waals surface area (Å²) in [6.45, 7) is 5.86. The van der Waals surface area contributed by atoms with Crippen molar-refractivity contribution in [3.8, 4) is 0 Å². The van der Waals surface area contributed by atoms with Crippen LogP contribution in [-0.2, 0) is 17.6 Å². The quantitative estimate of drug-likeness (QED) is 0.786. The smallest absolute Gasteiger partial charge is 0.341 e. The number of amides is 1. The van der Waals surface area contributed by atoms with Gasteiger partial charge in [-0.15, -0.1) is 11.3 Å². The summed E-state index contributed by atoms with van der Waals surface area (Å²) < 4.78 is 5.45. The van der Waals surface area contributed by atoms with Gasteiger partial charge in [-0.1, -0.05) is 13.3 Å². The molecule has 0 saturated heterocycles. The average molecular weight is 372 g/mol. The van der Waals surface area contributed by atoms with Crippen LogP contribution < -0.4 is 5.32 Å². The maximum Gasteiger partial charge on any atom is 0.341 e. The normalized spacial score (nSPS) is 16.2. The van der Waals surface area contributed by atoms with Gasteiger partial charge in [-0.25, -0.2) is 4.79 Å². The third-order valence-corrected chi connectivity index (χ3v) is 5.83. The summed E-state index contributed by atoms with van der Waals surface area (Å²) >= 11 is 1.51. The fourth-order valence-electron chi connectivity index (χ4n) is 3.26. The molecule has 2 aromatic rings. The predicted molar refractivity (Wildman–Crippen MR) is 103 cm³/mol. The number of rotatable bonds is 5. The highest BCUT2D eigenvalue weighted by Crippen LogP contribution is 2.41. The van der Waals surface area contributed by atoms with E-state index in [1.54, 1.807) is 24.5 Å². The number of carbonyl (C=O) groups is 2. The van der Waals surface area contributed by atoms with Gasteiger partial charge in [0.25, 0.3) is 5.91 Å². The Hall–Kier alpha value is -2.21. The van der Waals surface area contributed by atoms with Crippen LogP contribution in [0.5, 0.6) is 0 Å². The average Bonchev–Trinajstić information content (AvgIpc) is 2.98. The Morgan fingerprint density at radius 3 is 2.73 bits per heavy atom. The summed E-state index contributed by atoms with van der Waals surface area (Å²) in [4.78, 5) is 30.4. The third kappa shape index (κ3) is 3.96. The summed E-state index contributed by atoms with van der Waals surface area (Å²) in [5, 5.41) is 3.52. The van der Waals surface area contributed by atoms with E-state index < -0.39 is 0 Å². The number of pyridine rings is 1. The molecule has 3 rings (SSSR count). The van der Waals surface area contributed by atoms with E-state index in [-0.39, 0.29) is 18.0 Å². The molecular formula is C20H24N2O3S. The number of hydrogen-bond donors (Lipinski definition) is 1. The van der Waals surface area contributed by atoms with Crippen LogP contribution in [0.15, 0.2) is 24.5 Å². The molecule has 0 bridgehead atoms. The van der Waals surface area contributed by atoms with E-state index >= 15 is 0 Å². The van der Waals surface area contributed by atoms with E-state index in [4.69, 9.17) is 4.74 Å². The summed E-state index contributed by atoms with van der Waals surface area (Å²) in [6.07, 6.45) is 6.97.